The van der Waals surface area contributed by atoms with Crippen LogP contribution in [0.15, 0.2) is 44.8 Å². The average Bonchev–Trinajstić information content (AvgIpc) is 2.76. The van der Waals surface area contributed by atoms with Crippen LogP contribution in [-0.4, -0.2) is 65.5 Å². The lowest BCUT2D eigenvalue weighted by Gasteiger charge is -2.34. The molecule has 0 atom stereocenters. The summed E-state index contributed by atoms with van der Waals surface area (Å²) in [6, 6.07) is 7.12. The Balaban J connectivity index is 1.67. The van der Waals surface area contributed by atoms with Crippen LogP contribution >= 0.6 is 0 Å². The number of carbonyl (C=O) groups is 1. The summed E-state index contributed by atoms with van der Waals surface area (Å²) < 4.78 is 34.7. The first kappa shape index (κ1) is 22.9. The number of benzene rings is 1. The van der Waals surface area contributed by atoms with Crippen LogP contribution in [0, 0.1) is 0 Å². The van der Waals surface area contributed by atoms with Gasteiger partial charge in [0, 0.05) is 58.6 Å². The van der Waals surface area contributed by atoms with Gasteiger partial charge in [0.05, 0.1) is 17.1 Å². The van der Waals surface area contributed by atoms with Gasteiger partial charge in [0.15, 0.2) is 0 Å². The molecular weight excluding hydrogens is 424 g/mol. The summed E-state index contributed by atoms with van der Waals surface area (Å²) in [7, 11) is -0.657. The smallest absolute Gasteiger partial charge is 0.338 e. The van der Waals surface area contributed by atoms with E-state index in [9.17, 15) is 22.8 Å². The Labute approximate surface area is 180 Å². The van der Waals surface area contributed by atoms with Crippen molar-refractivity contribution in [2.45, 2.75) is 18.4 Å². The van der Waals surface area contributed by atoms with Crippen LogP contribution in [0.5, 0.6) is 0 Å². The van der Waals surface area contributed by atoms with Gasteiger partial charge in [0.25, 0.3) is 5.56 Å². The van der Waals surface area contributed by atoms with E-state index in [2.05, 4.69) is 0 Å². The number of esters is 1. The van der Waals surface area contributed by atoms with E-state index >= 15 is 0 Å². The molecule has 0 aliphatic carbocycles. The molecule has 0 radical (unpaired) electrons. The average molecular weight is 451 g/mol. The fourth-order valence-electron chi connectivity index (χ4n) is 3.41. The maximum absolute atomic E-state index is 12.9. The molecule has 11 heteroatoms. The molecule has 31 heavy (non-hydrogen) atoms. The Hall–Kier alpha value is -2.76. The van der Waals surface area contributed by atoms with Crippen molar-refractivity contribution in [1.29, 1.82) is 0 Å². The van der Waals surface area contributed by atoms with Gasteiger partial charge in [0.1, 0.15) is 0 Å². The number of carbonyl (C=O) groups excluding carboxylic acids is 1. The van der Waals surface area contributed by atoms with Crippen molar-refractivity contribution >= 4 is 16.0 Å². The molecule has 10 nitrogen and oxygen atoms in total. The van der Waals surface area contributed by atoms with Crippen LogP contribution in [0.1, 0.15) is 23.0 Å². The second kappa shape index (κ2) is 9.16. The summed E-state index contributed by atoms with van der Waals surface area (Å²) in [4.78, 5) is 37.9. The first-order chi connectivity index (χ1) is 14.6. The predicted molar refractivity (Wildman–Crippen MR) is 113 cm³/mol. The fourth-order valence-corrected chi connectivity index (χ4v) is 4.84. The number of rotatable bonds is 6. The third kappa shape index (κ3) is 4.78. The minimum atomic E-state index is -3.69. The van der Waals surface area contributed by atoms with Gasteiger partial charge in [-0.15, -0.1) is 0 Å². The fraction of sp³-hybridized carbons (Fsp3) is 0.450. The molecule has 1 fully saturated rings. The largest absolute Gasteiger partial charge is 0.462 e. The molecule has 1 aliphatic heterocycles. The summed E-state index contributed by atoms with van der Waals surface area (Å²) in [6.07, 6.45) is 0. The molecule has 0 unspecified atom stereocenters. The Kier molecular flexibility index (Phi) is 6.77. The molecule has 2 heterocycles. The quantitative estimate of drug-likeness (QED) is 0.559. The molecule has 0 spiro atoms. The number of sulfonamides is 1. The number of nitrogens with zero attached hydrogens (tertiary/aromatic N) is 4. The summed E-state index contributed by atoms with van der Waals surface area (Å²) in [5.41, 5.74) is 0.116. The normalized spacial score (nSPS) is 15.7. The third-order valence-electron chi connectivity index (χ3n) is 5.35. The highest BCUT2D eigenvalue weighted by Crippen LogP contribution is 2.19. The molecule has 0 N–H and O–H groups in total. The van der Waals surface area contributed by atoms with Crippen molar-refractivity contribution in [2.75, 3.05) is 32.8 Å². The van der Waals surface area contributed by atoms with Crippen LogP contribution in [-0.2, 0) is 35.4 Å². The van der Waals surface area contributed by atoms with Gasteiger partial charge < -0.3 is 4.74 Å². The number of hydrogen-bond donors (Lipinski definition) is 0. The lowest BCUT2D eigenvalue weighted by molar-refractivity contribution is 0.0526. The van der Waals surface area contributed by atoms with Gasteiger partial charge >= 0.3 is 11.7 Å². The summed E-state index contributed by atoms with van der Waals surface area (Å²) in [5, 5.41) is 0. The van der Waals surface area contributed by atoms with Crippen molar-refractivity contribution in [1.82, 2.24) is 18.3 Å². The lowest BCUT2D eigenvalue weighted by atomic mass is 10.2. The van der Waals surface area contributed by atoms with Gasteiger partial charge in [-0.05, 0) is 31.2 Å². The molecule has 1 aromatic carbocycles. The van der Waals surface area contributed by atoms with Gasteiger partial charge in [-0.3, -0.25) is 18.8 Å². The molecule has 0 bridgehead atoms. The Bertz CT molecular complexity index is 1180. The molecule has 0 amide bonds. The van der Waals surface area contributed by atoms with Crippen LogP contribution in [0.25, 0.3) is 0 Å². The monoisotopic (exact) mass is 450 g/mol. The second-order valence-electron chi connectivity index (χ2n) is 7.30. The Morgan fingerprint density at radius 2 is 1.61 bits per heavy atom. The third-order valence-corrected chi connectivity index (χ3v) is 7.26. The topological polar surface area (TPSA) is 111 Å². The van der Waals surface area contributed by atoms with Gasteiger partial charge in [-0.2, -0.15) is 4.31 Å². The van der Waals surface area contributed by atoms with E-state index in [1.54, 1.807) is 14.0 Å². The summed E-state index contributed by atoms with van der Waals surface area (Å²) in [5.74, 6) is -0.495. The van der Waals surface area contributed by atoms with Crippen LogP contribution in [0.3, 0.4) is 0 Å². The molecule has 1 aliphatic rings. The van der Waals surface area contributed by atoms with E-state index < -0.39 is 21.7 Å². The van der Waals surface area contributed by atoms with Crippen molar-refractivity contribution in [3.63, 3.8) is 0 Å². The minimum absolute atomic E-state index is 0.114. The standard InChI is InChI=1S/C20H26N4O6S/c1-4-30-19(26)15-5-7-17(8-6-15)31(28,29)24-11-9-23(10-12-24)14-16-13-18(25)22(3)20(27)21(16)2/h5-8,13H,4,9-12,14H2,1-3H3. The number of piperazine rings is 1. The number of aromatic nitrogens is 2. The van der Waals surface area contributed by atoms with E-state index in [0.717, 1.165) is 4.57 Å². The van der Waals surface area contributed by atoms with E-state index in [-0.39, 0.29) is 30.2 Å². The van der Waals surface area contributed by atoms with Gasteiger partial charge in [-0.25, -0.2) is 18.0 Å². The zero-order chi connectivity index (χ0) is 22.8. The van der Waals surface area contributed by atoms with Crippen LogP contribution in [0.4, 0.5) is 0 Å². The summed E-state index contributed by atoms with van der Waals surface area (Å²) >= 11 is 0. The highest BCUT2D eigenvalue weighted by molar-refractivity contribution is 7.89. The first-order valence-corrected chi connectivity index (χ1v) is 11.3. The maximum Gasteiger partial charge on any atom is 0.338 e. The molecule has 0 saturated carbocycles. The van der Waals surface area contributed by atoms with Crippen molar-refractivity contribution < 1.29 is 17.9 Å². The van der Waals surface area contributed by atoms with E-state index in [1.807, 2.05) is 4.90 Å². The van der Waals surface area contributed by atoms with Crippen LogP contribution in [0.2, 0.25) is 0 Å². The highest BCUT2D eigenvalue weighted by atomic mass is 32.2. The van der Waals surface area contributed by atoms with Crippen molar-refractivity contribution in [3.8, 4) is 0 Å². The van der Waals surface area contributed by atoms with E-state index in [1.165, 1.54) is 46.3 Å². The first-order valence-electron chi connectivity index (χ1n) is 9.90. The molecule has 1 saturated heterocycles. The Morgan fingerprint density at radius 3 is 2.19 bits per heavy atom. The second-order valence-corrected chi connectivity index (χ2v) is 9.24. The summed E-state index contributed by atoms with van der Waals surface area (Å²) in [6.45, 7) is 3.81. The molecule has 2 aromatic rings. The number of hydrogen-bond acceptors (Lipinski definition) is 7. The van der Waals surface area contributed by atoms with E-state index in [0.29, 0.717) is 30.9 Å². The van der Waals surface area contributed by atoms with Crippen molar-refractivity contribution in [2.24, 2.45) is 14.1 Å². The molecule has 3 rings (SSSR count). The van der Waals surface area contributed by atoms with Gasteiger partial charge in [0.2, 0.25) is 10.0 Å². The zero-order valence-electron chi connectivity index (χ0n) is 17.8. The molecular formula is C20H26N4O6S. The lowest BCUT2D eigenvalue weighted by Crippen LogP contribution is -2.49. The van der Waals surface area contributed by atoms with Gasteiger partial charge in [-0.1, -0.05) is 0 Å². The molecule has 168 valence electrons. The predicted octanol–water partition coefficient (Wildman–Crippen LogP) is -0.233. The van der Waals surface area contributed by atoms with Crippen LogP contribution < -0.4 is 11.2 Å². The zero-order valence-corrected chi connectivity index (χ0v) is 18.6. The SMILES string of the molecule is CCOC(=O)c1ccc(S(=O)(=O)N2CCN(Cc3cc(=O)n(C)c(=O)n3C)CC2)cc1. The van der Waals surface area contributed by atoms with Crippen molar-refractivity contribution in [3.05, 3.63) is 62.4 Å². The van der Waals surface area contributed by atoms with E-state index in [4.69, 9.17) is 4.74 Å². The minimum Gasteiger partial charge on any atom is -0.462 e. The maximum atomic E-state index is 12.9. The highest BCUT2D eigenvalue weighted by Gasteiger charge is 2.29. The molecule has 1 aromatic heterocycles. The Morgan fingerprint density at radius 1 is 1.00 bits per heavy atom. The number of ether oxygens (including phenoxy) is 1.